The van der Waals surface area contributed by atoms with Gasteiger partial charge in [0.15, 0.2) is 5.65 Å². The summed E-state index contributed by atoms with van der Waals surface area (Å²) in [5, 5.41) is 17.4. The van der Waals surface area contributed by atoms with Crippen LogP contribution < -0.4 is 5.32 Å². The zero-order valence-electron chi connectivity index (χ0n) is 13.4. The van der Waals surface area contributed by atoms with Crippen LogP contribution in [0.3, 0.4) is 0 Å². The van der Waals surface area contributed by atoms with E-state index in [-0.39, 0.29) is 6.61 Å². The second kappa shape index (κ2) is 6.62. The molecule has 0 aliphatic carbocycles. The topological polar surface area (TPSA) is 65.7 Å². The highest BCUT2D eigenvalue weighted by atomic mass is 16.3. The average Bonchev–Trinajstić information content (AvgIpc) is 2.88. The molecule has 1 aliphatic heterocycles. The molecular formula is C16H25N5O. The van der Waals surface area contributed by atoms with Gasteiger partial charge in [-0.05, 0) is 33.2 Å². The lowest BCUT2D eigenvalue weighted by atomic mass is 10.0. The van der Waals surface area contributed by atoms with Crippen LogP contribution in [0.15, 0.2) is 12.1 Å². The van der Waals surface area contributed by atoms with E-state index in [1.807, 2.05) is 30.5 Å². The molecule has 0 spiro atoms. The number of rotatable bonds is 5. The van der Waals surface area contributed by atoms with Crippen LogP contribution in [-0.4, -0.2) is 56.9 Å². The Morgan fingerprint density at radius 1 is 1.27 bits per heavy atom. The van der Waals surface area contributed by atoms with E-state index in [1.54, 1.807) is 0 Å². The highest BCUT2D eigenvalue weighted by Gasteiger charge is 2.20. The van der Waals surface area contributed by atoms with Gasteiger partial charge in [0.25, 0.3) is 0 Å². The van der Waals surface area contributed by atoms with Crippen molar-refractivity contribution in [1.82, 2.24) is 19.5 Å². The molecule has 22 heavy (non-hydrogen) atoms. The summed E-state index contributed by atoms with van der Waals surface area (Å²) in [4.78, 5) is 6.88. The van der Waals surface area contributed by atoms with Crippen LogP contribution in [0.25, 0.3) is 5.65 Å². The molecule has 2 N–H and O–H groups in total. The lowest BCUT2D eigenvalue weighted by Gasteiger charge is -2.34. The zero-order chi connectivity index (χ0) is 15.5. The van der Waals surface area contributed by atoms with Crippen molar-refractivity contribution in [1.29, 1.82) is 0 Å². The summed E-state index contributed by atoms with van der Waals surface area (Å²) in [7, 11) is 0. The molecule has 1 atom stereocenters. The smallest absolute Gasteiger partial charge is 0.157 e. The van der Waals surface area contributed by atoms with Crippen molar-refractivity contribution in [2.45, 2.75) is 39.2 Å². The number of nitrogens with zero attached hydrogens (tertiary/aromatic N) is 4. The third-order valence-electron chi connectivity index (χ3n) is 4.34. The van der Waals surface area contributed by atoms with E-state index in [2.05, 4.69) is 20.3 Å². The molecule has 3 heterocycles. The Bertz CT molecular complexity index is 639. The zero-order valence-corrected chi connectivity index (χ0v) is 13.4. The van der Waals surface area contributed by atoms with Crippen molar-refractivity contribution in [3.63, 3.8) is 0 Å². The molecule has 1 saturated heterocycles. The molecule has 0 amide bonds. The minimum atomic E-state index is 0.261. The van der Waals surface area contributed by atoms with Crippen LogP contribution in [0.5, 0.6) is 0 Å². The van der Waals surface area contributed by atoms with Crippen molar-refractivity contribution in [3.05, 3.63) is 23.5 Å². The van der Waals surface area contributed by atoms with E-state index in [4.69, 9.17) is 0 Å². The third-order valence-corrected chi connectivity index (χ3v) is 4.34. The van der Waals surface area contributed by atoms with E-state index in [0.717, 1.165) is 48.9 Å². The van der Waals surface area contributed by atoms with Gasteiger partial charge < -0.3 is 10.4 Å². The number of fused-ring (bicyclic) bond motifs is 1. The first kappa shape index (κ1) is 15.2. The molecule has 2 aromatic heterocycles. The Hall–Kier alpha value is -1.66. The van der Waals surface area contributed by atoms with E-state index < -0.39 is 0 Å². The van der Waals surface area contributed by atoms with Crippen molar-refractivity contribution in [2.24, 2.45) is 0 Å². The molecule has 0 aromatic carbocycles. The van der Waals surface area contributed by atoms with Gasteiger partial charge in [-0.15, -0.1) is 0 Å². The van der Waals surface area contributed by atoms with Crippen LogP contribution in [0.4, 0.5) is 5.82 Å². The monoisotopic (exact) mass is 303 g/mol. The van der Waals surface area contributed by atoms with Crippen LogP contribution in [0.2, 0.25) is 0 Å². The Kier molecular flexibility index (Phi) is 4.59. The Balaban J connectivity index is 1.66. The lowest BCUT2D eigenvalue weighted by molar-refractivity contribution is 0.0940. The molecule has 120 valence electrons. The molecule has 1 aliphatic rings. The van der Waals surface area contributed by atoms with Gasteiger partial charge in [-0.1, -0.05) is 6.42 Å². The van der Waals surface area contributed by atoms with Crippen molar-refractivity contribution in [2.75, 3.05) is 31.6 Å². The molecule has 0 unspecified atom stereocenters. The predicted octanol–water partition coefficient (Wildman–Crippen LogP) is 1.60. The maximum Gasteiger partial charge on any atom is 0.157 e. The van der Waals surface area contributed by atoms with Gasteiger partial charge in [0.05, 0.1) is 12.3 Å². The average molecular weight is 303 g/mol. The van der Waals surface area contributed by atoms with Crippen LogP contribution in [-0.2, 0) is 0 Å². The highest BCUT2D eigenvalue weighted by Crippen LogP contribution is 2.17. The van der Waals surface area contributed by atoms with Crippen molar-refractivity contribution >= 4 is 11.5 Å². The lowest BCUT2D eigenvalue weighted by Crippen LogP contribution is -2.44. The van der Waals surface area contributed by atoms with Crippen LogP contribution in [0.1, 0.15) is 30.7 Å². The summed E-state index contributed by atoms with van der Waals surface area (Å²) >= 11 is 0. The van der Waals surface area contributed by atoms with Gasteiger partial charge in [0.2, 0.25) is 0 Å². The van der Waals surface area contributed by atoms with E-state index in [0.29, 0.717) is 6.04 Å². The fourth-order valence-electron chi connectivity index (χ4n) is 3.23. The summed E-state index contributed by atoms with van der Waals surface area (Å²) in [5.41, 5.74) is 2.84. The first-order valence-corrected chi connectivity index (χ1v) is 8.10. The second-order valence-electron chi connectivity index (χ2n) is 6.13. The van der Waals surface area contributed by atoms with Gasteiger partial charge >= 0.3 is 0 Å². The summed E-state index contributed by atoms with van der Waals surface area (Å²) in [6, 6.07) is 4.34. The van der Waals surface area contributed by atoms with Crippen LogP contribution in [0, 0.1) is 13.8 Å². The normalized spacial score (nSPS) is 19.7. The van der Waals surface area contributed by atoms with E-state index in [1.165, 1.54) is 12.8 Å². The van der Waals surface area contributed by atoms with Gasteiger partial charge in [-0.2, -0.15) is 9.61 Å². The van der Waals surface area contributed by atoms with Gasteiger partial charge in [0, 0.05) is 37.0 Å². The van der Waals surface area contributed by atoms with Gasteiger partial charge in [0.1, 0.15) is 5.82 Å². The third kappa shape index (κ3) is 3.23. The number of aromatic nitrogens is 3. The Labute approximate surface area is 131 Å². The molecule has 0 bridgehead atoms. The SMILES string of the molecule is Cc1cc(NCCN2CCCC[C@H]2CO)n2nc(C)cc2n1. The Morgan fingerprint density at radius 3 is 2.95 bits per heavy atom. The first-order valence-electron chi connectivity index (χ1n) is 8.10. The van der Waals surface area contributed by atoms with E-state index >= 15 is 0 Å². The molecule has 3 rings (SSSR count). The fraction of sp³-hybridized carbons (Fsp3) is 0.625. The number of hydrogen-bond donors (Lipinski definition) is 2. The molecule has 6 heteroatoms. The standard InChI is InChI=1S/C16H25N5O/c1-12-9-15(21-16(18-12)10-13(2)19-21)17-6-8-20-7-4-3-5-14(20)11-22/h9-10,14,17,22H,3-8,11H2,1-2H3/t14-/m0/s1. The number of likely N-dealkylation sites (tertiary alicyclic amines) is 1. The number of anilines is 1. The summed E-state index contributed by atoms with van der Waals surface area (Å²) < 4.78 is 1.86. The fourth-order valence-corrected chi connectivity index (χ4v) is 3.23. The molecular weight excluding hydrogens is 278 g/mol. The number of aliphatic hydroxyl groups is 1. The number of piperidine rings is 1. The molecule has 2 aromatic rings. The molecule has 6 nitrogen and oxygen atoms in total. The first-order chi connectivity index (χ1) is 10.7. The second-order valence-corrected chi connectivity index (χ2v) is 6.13. The maximum atomic E-state index is 9.47. The number of aryl methyl sites for hydroxylation is 2. The van der Waals surface area contributed by atoms with Crippen LogP contribution >= 0.6 is 0 Å². The molecule has 0 saturated carbocycles. The number of hydrogen-bond acceptors (Lipinski definition) is 5. The minimum Gasteiger partial charge on any atom is -0.395 e. The Morgan fingerprint density at radius 2 is 2.14 bits per heavy atom. The summed E-state index contributed by atoms with van der Waals surface area (Å²) in [6.07, 6.45) is 3.56. The van der Waals surface area contributed by atoms with Crippen molar-refractivity contribution in [3.8, 4) is 0 Å². The summed E-state index contributed by atoms with van der Waals surface area (Å²) in [5.74, 6) is 0.980. The number of nitrogens with one attached hydrogen (secondary N) is 1. The van der Waals surface area contributed by atoms with Gasteiger partial charge in [-0.25, -0.2) is 4.98 Å². The summed E-state index contributed by atoms with van der Waals surface area (Å²) in [6.45, 7) is 7.10. The minimum absolute atomic E-state index is 0.261. The number of aliphatic hydroxyl groups excluding tert-OH is 1. The highest BCUT2D eigenvalue weighted by molar-refractivity contribution is 5.50. The van der Waals surface area contributed by atoms with E-state index in [9.17, 15) is 5.11 Å². The molecule has 1 fully saturated rings. The molecule has 0 radical (unpaired) electrons. The maximum absolute atomic E-state index is 9.47. The van der Waals surface area contributed by atoms with Crippen molar-refractivity contribution < 1.29 is 5.11 Å². The largest absolute Gasteiger partial charge is 0.395 e. The quantitative estimate of drug-likeness (QED) is 0.878. The predicted molar refractivity (Wildman–Crippen MR) is 87.2 cm³/mol. The van der Waals surface area contributed by atoms with Gasteiger partial charge in [-0.3, -0.25) is 4.90 Å².